The van der Waals surface area contributed by atoms with Crippen LogP contribution in [0, 0.1) is 6.92 Å². The van der Waals surface area contributed by atoms with Crippen molar-refractivity contribution in [3.05, 3.63) is 54.2 Å². The van der Waals surface area contributed by atoms with Gasteiger partial charge in [-0.2, -0.15) is 0 Å². The summed E-state index contributed by atoms with van der Waals surface area (Å²) in [7, 11) is 5.33. The summed E-state index contributed by atoms with van der Waals surface area (Å²) in [5.41, 5.74) is 4.12. The van der Waals surface area contributed by atoms with E-state index in [0.717, 1.165) is 33.7 Å². The Labute approximate surface area is 136 Å². The Morgan fingerprint density at radius 2 is 1.65 bits per heavy atom. The van der Waals surface area contributed by atoms with Crippen LogP contribution >= 0.6 is 0 Å². The van der Waals surface area contributed by atoms with Gasteiger partial charge in [-0.05, 0) is 31.2 Å². The second-order valence-electron chi connectivity index (χ2n) is 5.40. The lowest BCUT2D eigenvalue weighted by atomic mass is 10.1. The average molecular weight is 308 g/mol. The molecule has 23 heavy (non-hydrogen) atoms. The van der Waals surface area contributed by atoms with Crippen molar-refractivity contribution in [2.45, 2.75) is 6.92 Å². The lowest BCUT2D eigenvalue weighted by Gasteiger charge is -2.23. The third-order valence-corrected chi connectivity index (χ3v) is 3.94. The van der Waals surface area contributed by atoms with E-state index in [9.17, 15) is 0 Å². The molecule has 0 fully saturated rings. The molecule has 4 heteroatoms. The van der Waals surface area contributed by atoms with E-state index in [1.54, 1.807) is 14.2 Å². The van der Waals surface area contributed by atoms with Gasteiger partial charge >= 0.3 is 0 Å². The van der Waals surface area contributed by atoms with Crippen LogP contribution in [-0.2, 0) is 0 Å². The van der Waals surface area contributed by atoms with Crippen molar-refractivity contribution in [2.75, 3.05) is 26.2 Å². The summed E-state index contributed by atoms with van der Waals surface area (Å²) < 4.78 is 10.7. The van der Waals surface area contributed by atoms with Gasteiger partial charge in [-0.1, -0.05) is 18.2 Å². The van der Waals surface area contributed by atoms with Gasteiger partial charge in [-0.3, -0.25) is 4.98 Å². The third kappa shape index (κ3) is 2.80. The summed E-state index contributed by atoms with van der Waals surface area (Å²) in [6, 6.07) is 16.2. The van der Waals surface area contributed by atoms with Gasteiger partial charge in [0.1, 0.15) is 0 Å². The number of aromatic nitrogens is 1. The molecule has 0 aliphatic rings. The highest BCUT2D eigenvalue weighted by atomic mass is 16.5. The molecule has 0 amide bonds. The molecule has 3 aromatic rings. The van der Waals surface area contributed by atoms with Crippen LogP contribution in [0.25, 0.3) is 10.9 Å². The van der Waals surface area contributed by atoms with E-state index in [4.69, 9.17) is 9.47 Å². The second kappa shape index (κ2) is 6.16. The Morgan fingerprint density at radius 3 is 2.39 bits per heavy atom. The normalized spacial score (nSPS) is 10.6. The maximum Gasteiger partial charge on any atom is 0.162 e. The fourth-order valence-electron chi connectivity index (χ4n) is 2.74. The van der Waals surface area contributed by atoms with Gasteiger partial charge in [0.2, 0.25) is 0 Å². The van der Waals surface area contributed by atoms with E-state index >= 15 is 0 Å². The number of methoxy groups -OCH3 is 2. The van der Waals surface area contributed by atoms with Gasteiger partial charge in [0.05, 0.1) is 25.4 Å². The predicted octanol–water partition coefficient (Wildman–Crippen LogP) is 4.33. The number of hydrogen-bond donors (Lipinski definition) is 0. The molecule has 0 bridgehead atoms. The van der Waals surface area contributed by atoms with Crippen LogP contribution in [0.2, 0.25) is 0 Å². The van der Waals surface area contributed by atoms with Crippen LogP contribution in [0.4, 0.5) is 11.4 Å². The number of nitrogens with zero attached hydrogens (tertiary/aromatic N) is 2. The summed E-state index contributed by atoms with van der Waals surface area (Å²) in [5, 5.41) is 1.12. The van der Waals surface area contributed by atoms with Crippen molar-refractivity contribution in [1.82, 2.24) is 4.98 Å². The largest absolute Gasteiger partial charge is 0.493 e. The molecule has 3 rings (SSSR count). The first kappa shape index (κ1) is 15.2. The fourth-order valence-corrected chi connectivity index (χ4v) is 2.74. The van der Waals surface area contributed by atoms with Gasteiger partial charge in [-0.15, -0.1) is 0 Å². The Morgan fingerprint density at radius 1 is 0.913 bits per heavy atom. The van der Waals surface area contributed by atoms with Gasteiger partial charge < -0.3 is 14.4 Å². The molecule has 0 unspecified atom stereocenters. The number of ether oxygens (including phenoxy) is 2. The molecule has 2 aromatic carbocycles. The van der Waals surface area contributed by atoms with E-state index in [1.807, 2.05) is 50.4 Å². The fraction of sp³-hybridized carbons (Fsp3) is 0.211. The standard InChI is InChI=1S/C19H20N2O2/c1-13-11-17(15-7-5-6-8-16(15)20-13)21(2)14-9-10-18(22-3)19(12-14)23-4/h5-12H,1-4H3. The summed E-state index contributed by atoms with van der Waals surface area (Å²) in [6.07, 6.45) is 0. The number of fused-ring (bicyclic) bond motifs is 1. The first-order valence-electron chi connectivity index (χ1n) is 7.46. The molecule has 1 aromatic heterocycles. The second-order valence-corrected chi connectivity index (χ2v) is 5.40. The van der Waals surface area contributed by atoms with Crippen LogP contribution < -0.4 is 14.4 Å². The zero-order valence-corrected chi connectivity index (χ0v) is 13.8. The summed E-state index contributed by atoms with van der Waals surface area (Å²) in [4.78, 5) is 6.74. The van der Waals surface area contributed by atoms with Gasteiger partial charge in [0.25, 0.3) is 0 Å². The van der Waals surface area contributed by atoms with Crippen LogP contribution in [0.3, 0.4) is 0 Å². The van der Waals surface area contributed by atoms with Crippen LogP contribution in [0.1, 0.15) is 5.69 Å². The molecule has 1 heterocycles. The minimum Gasteiger partial charge on any atom is -0.493 e. The highest BCUT2D eigenvalue weighted by molar-refractivity contribution is 5.94. The SMILES string of the molecule is COc1ccc(N(C)c2cc(C)nc3ccccc23)cc1OC. The molecule has 0 saturated heterocycles. The number of benzene rings is 2. The smallest absolute Gasteiger partial charge is 0.162 e. The lowest BCUT2D eigenvalue weighted by molar-refractivity contribution is 0.355. The Bertz CT molecular complexity index is 846. The maximum absolute atomic E-state index is 5.41. The van der Waals surface area contributed by atoms with Crippen LogP contribution in [-0.4, -0.2) is 26.3 Å². The van der Waals surface area contributed by atoms with Crippen LogP contribution in [0.15, 0.2) is 48.5 Å². The minimum absolute atomic E-state index is 0.715. The Kier molecular flexibility index (Phi) is 4.06. The van der Waals surface area contributed by atoms with E-state index in [2.05, 4.69) is 22.0 Å². The molecular weight excluding hydrogens is 288 g/mol. The highest BCUT2D eigenvalue weighted by Gasteiger charge is 2.12. The number of pyridine rings is 1. The minimum atomic E-state index is 0.715. The molecular formula is C19H20N2O2. The Balaban J connectivity index is 2.12. The number of anilines is 2. The first-order chi connectivity index (χ1) is 11.1. The topological polar surface area (TPSA) is 34.6 Å². The third-order valence-electron chi connectivity index (χ3n) is 3.94. The summed E-state index contributed by atoms with van der Waals surface area (Å²) in [6.45, 7) is 2.01. The molecule has 4 nitrogen and oxygen atoms in total. The maximum atomic E-state index is 5.41. The van der Waals surface area contributed by atoms with Crippen molar-refractivity contribution in [2.24, 2.45) is 0 Å². The average Bonchev–Trinajstić information content (AvgIpc) is 2.59. The van der Waals surface area contributed by atoms with E-state index in [1.165, 1.54) is 0 Å². The van der Waals surface area contributed by atoms with Gasteiger partial charge in [0.15, 0.2) is 11.5 Å². The summed E-state index contributed by atoms with van der Waals surface area (Å²) >= 11 is 0. The van der Waals surface area contributed by atoms with Crippen molar-refractivity contribution in [1.29, 1.82) is 0 Å². The highest BCUT2D eigenvalue weighted by Crippen LogP contribution is 2.36. The molecule has 0 N–H and O–H groups in total. The monoisotopic (exact) mass is 308 g/mol. The van der Waals surface area contributed by atoms with Crippen molar-refractivity contribution in [3.8, 4) is 11.5 Å². The van der Waals surface area contributed by atoms with Crippen LogP contribution in [0.5, 0.6) is 11.5 Å². The Hall–Kier alpha value is -2.75. The molecule has 0 spiro atoms. The zero-order valence-electron chi connectivity index (χ0n) is 13.8. The van der Waals surface area contributed by atoms with E-state index < -0.39 is 0 Å². The quantitative estimate of drug-likeness (QED) is 0.718. The van der Waals surface area contributed by atoms with E-state index in [0.29, 0.717) is 5.75 Å². The van der Waals surface area contributed by atoms with E-state index in [-0.39, 0.29) is 0 Å². The number of para-hydroxylation sites is 1. The zero-order chi connectivity index (χ0) is 16.4. The molecule has 0 radical (unpaired) electrons. The number of rotatable bonds is 4. The lowest BCUT2D eigenvalue weighted by Crippen LogP contribution is -2.11. The van der Waals surface area contributed by atoms with Gasteiger partial charge in [-0.25, -0.2) is 0 Å². The summed E-state index contributed by atoms with van der Waals surface area (Å²) in [5.74, 6) is 1.44. The molecule has 0 atom stereocenters. The molecule has 0 aliphatic carbocycles. The number of hydrogen-bond acceptors (Lipinski definition) is 4. The first-order valence-corrected chi connectivity index (χ1v) is 7.46. The van der Waals surface area contributed by atoms with Gasteiger partial charge in [0, 0.05) is 29.9 Å². The predicted molar refractivity (Wildman–Crippen MR) is 94.1 cm³/mol. The van der Waals surface area contributed by atoms with Crippen molar-refractivity contribution >= 4 is 22.3 Å². The molecule has 0 saturated carbocycles. The molecule has 0 aliphatic heterocycles. The molecule has 118 valence electrons. The van der Waals surface area contributed by atoms with Crippen molar-refractivity contribution in [3.63, 3.8) is 0 Å². The van der Waals surface area contributed by atoms with Crippen molar-refractivity contribution < 1.29 is 9.47 Å². The number of aryl methyl sites for hydroxylation is 1.